The smallest absolute Gasteiger partial charge is 0.226 e. The highest BCUT2D eigenvalue weighted by Gasteiger charge is 2.60. The Balaban J connectivity index is 1.32. The summed E-state index contributed by atoms with van der Waals surface area (Å²) in [6.07, 6.45) is 6.23. The predicted octanol–water partition coefficient (Wildman–Crippen LogP) is 3.57. The summed E-state index contributed by atoms with van der Waals surface area (Å²) in [5.74, 6) is 3.45. The van der Waals surface area contributed by atoms with Gasteiger partial charge in [-0.25, -0.2) is 0 Å². The first kappa shape index (κ1) is 18.4. The van der Waals surface area contributed by atoms with Gasteiger partial charge in [0.2, 0.25) is 11.8 Å². The van der Waals surface area contributed by atoms with E-state index in [1.165, 1.54) is 11.3 Å². The van der Waals surface area contributed by atoms with E-state index >= 15 is 0 Å². The fourth-order valence-electron chi connectivity index (χ4n) is 6.04. The van der Waals surface area contributed by atoms with Crippen molar-refractivity contribution in [2.45, 2.75) is 56.7 Å². The maximum Gasteiger partial charge on any atom is 0.226 e. The van der Waals surface area contributed by atoms with E-state index in [2.05, 4.69) is 28.1 Å². The van der Waals surface area contributed by atoms with Gasteiger partial charge in [0, 0.05) is 35.4 Å². The summed E-state index contributed by atoms with van der Waals surface area (Å²) < 4.78 is 0. The van der Waals surface area contributed by atoms with Gasteiger partial charge in [0.15, 0.2) is 0 Å². The van der Waals surface area contributed by atoms with Gasteiger partial charge in [-0.3, -0.25) is 9.59 Å². The molecular weight excluding hydrogens is 364 g/mol. The summed E-state index contributed by atoms with van der Waals surface area (Å²) in [5, 5.41) is 8.57. The number of amides is 2. The summed E-state index contributed by atoms with van der Waals surface area (Å²) in [6.45, 7) is 2.34. The van der Waals surface area contributed by atoms with Crippen molar-refractivity contribution in [3.63, 3.8) is 0 Å². The first-order valence-electron chi connectivity index (χ1n) is 9.66. The molecule has 0 aromatic carbocycles. The van der Waals surface area contributed by atoms with Crippen LogP contribution in [0, 0.1) is 17.3 Å². The summed E-state index contributed by atoms with van der Waals surface area (Å²) >= 11 is 3.66. The summed E-state index contributed by atoms with van der Waals surface area (Å²) in [6, 6.07) is 4.24. The van der Waals surface area contributed by atoms with Crippen molar-refractivity contribution >= 4 is 34.9 Å². The van der Waals surface area contributed by atoms with Crippen molar-refractivity contribution in [1.29, 1.82) is 0 Å². The van der Waals surface area contributed by atoms with Gasteiger partial charge in [-0.2, -0.15) is 11.8 Å². The van der Waals surface area contributed by atoms with E-state index in [1.807, 2.05) is 11.8 Å². The summed E-state index contributed by atoms with van der Waals surface area (Å²) in [7, 11) is 0. The molecule has 26 heavy (non-hydrogen) atoms. The Bertz CT molecular complexity index is 659. The number of carbonyl (C=O) groups excluding carboxylic acids is 2. The highest BCUT2D eigenvalue weighted by Crippen LogP contribution is 2.61. The van der Waals surface area contributed by atoms with Crippen molar-refractivity contribution in [3.05, 3.63) is 22.4 Å². The Morgan fingerprint density at radius 2 is 2.04 bits per heavy atom. The summed E-state index contributed by atoms with van der Waals surface area (Å²) in [4.78, 5) is 26.2. The SMILES string of the molecule is CC(=O)NC12C[C@H]3C[C@@H](C1)CC(C(=O)NCCSCc1cccs1)(C3)C2. The predicted molar refractivity (Wildman–Crippen MR) is 107 cm³/mol. The number of thiophene rings is 1. The highest BCUT2D eigenvalue weighted by atomic mass is 32.2. The van der Waals surface area contributed by atoms with Crippen molar-refractivity contribution in [3.8, 4) is 0 Å². The monoisotopic (exact) mass is 392 g/mol. The zero-order chi connectivity index (χ0) is 18.2. The Morgan fingerprint density at radius 1 is 1.27 bits per heavy atom. The van der Waals surface area contributed by atoms with Gasteiger partial charge >= 0.3 is 0 Å². The molecule has 5 rings (SSSR count). The molecule has 0 radical (unpaired) electrons. The standard InChI is InChI=1S/C20H28N2O2S2/c1-14(23)22-20-10-15-7-16(11-20)9-19(8-15,13-20)18(24)21-4-6-25-12-17-3-2-5-26-17/h2-3,5,15-16H,4,6-13H2,1H3,(H,21,24)(H,22,23)/t15-,16+,19?,20?. The Kier molecular flexibility index (Phi) is 5.08. The lowest BCUT2D eigenvalue weighted by Gasteiger charge is -2.61. The molecule has 6 heteroatoms. The van der Waals surface area contributed by atoms with E-state index in [-0.39, 0.29) is 22.8 Å². The molecule has 4 atom stereocenters. The van der Waals surface area contributed by atoms with Crippen molar-refractivity contribution in [2.24, 2.45) is 17.3 Å². The van der Waals surface area contributed by atoms with Gasteiger partial charge in [-0.1, -0.05) is 6.07 Å². The molecule has 0 saturated heterocycles. The molecule has 4 aliphatic rings. The molecule has 2 N–H and O–H groups in total. The number of carbonyl (C=O) groups is 2. The normalized spacial score (nSPS) is 34.7. The number of nitrogens with one attached hydrogen (secondary N) is 2. The van der Waals surface area contributed by atoms with Crippen LogP contribution < -0.4 is 10.6 Å². The molecule has 4 nitrogen and oxygen atoms in total. The van der Waals surface area contributed by atoms with Crippen molar-refractivity contribution in [1.82, 2.24) is 10.6 Å². The molecule has 4 aliphatic carbocycles. The Hall–Kier alpha value is -1.01. The maximum absolute atomic E-state index is 13.1. The maximum atomic E-state index is 13.1. The van der Waals surface area contributed by atoms with Gasteiger partial charge in [0.1, 0.15) is 0 Å². The lowest BCUT2D eigenvalue weighted by Crippen LogP contribution is -2.65. The highest BCUT2D eigenvalue weighted by molar-refractivity contribution is 7.98. The van der Waals surface area contributed by atoms with Crippen LogP contribution in [0.15, 0.2) is 17.5 Å². The molecule has 0 spiro atoms. The second-order valence-electron chi connectivity index (χ2n) is 8.59. The van der Waals surface area contributed by atoms with Crippen LogP contribution in [0.3, 0.4) is 0 Å². The van der Waals surface area contributed by atoms with E-state index in [9.17, 15) is 9.59 Å². The average Bonchev–Trinajstić information content (AvgIpc) is 3.05. The molecule has 2 amide bonds. The zero-order valence-corrected chi connectivity index (χ0v) is 17.0. The Morgan fingerprint density at radius 3 is 2.69 bits per heavy atom. The van der Waals surface area contributed by atoms with Crippen LogP contribution in [0.2, 0.25) is 0 Å². The minimum absolute atomic E-state index is 0.0486. The van der Waals surface area contributed by atoms with E-state index in [4.69, 9.17) is 0 Å². The molecular formula is C20H28N2O2S2. The molecule has 4 saturated carbocycles. The number of hydrogen-bond donors (Lipinski definition) is 2. The molecule has 142 valence electrons. The minimum Gasteiger partial charge on any atom is -0.355 e. The van der Waals surface area contributed by atoms with E-state index in [1.54, 1.807) is 18.3 Å². The third-order valence-corrected chi connectivity index (χ3v) is 8.41. The second kappa shape index (κ2) is 7.19. The van der Waals surface area contributed by atoms with Crippen LogP contribution in [-0.2, 0) is 15.3 Å². The van der Waals surface area contributed by atoms with Gasteiger partial charge in [0.05, 0.1) is 5.41 Å². The summed E-state index contributed by atoms with van der Waals surface area (Å²) in [5.41, 5.74) is -0.369. The third kappa shape index (κ3) is 3.68. The molecule has 4 fully saturated rings. The average molecular weight is 393 g/mol. The molecule has 4 bridgehead atoms. The van der Waals surface area contributed by atoms with Crippen LogP contribution in [-0.4, -0.2) is 29.7 Å². The number of thioether (sulfide) groups is 1. The fourth-order valence-corrected chi connectivity index (χ4v) is 7.74. The van der Waals surface area contributed by atoms with E-state index in [0.717, 1.165) is 50.2 Å². The first-order chi connectivity index (χ1) is 12.5. The Labute approximate surface area is 163 Å². The van der Waals surface area contributed by atoms with E-state index in [0.29, 0.717) is 11.8 Å². The number of rotatable bonds is 7. The molecule has 1 aromatic heterocycles. The van der Waals surface area contributed by atoms with Crippen LogP contribution in [0.5, 0.6) is 0 Å². The van der Waals surface area contributed by atoms with Gasteiger partial charge in [0.25, 0.3) is 0 Å². The molecule has 2 unspecified atom stereocenters. The quantitative estimate of drug-likeness (QED) is 0.698. The zero-order valence-electron chi connectivity index (χ0n) is 15.4. The third-order valence-electron chi connectivity index (χ3n) is 6.34. The molecule has 0 aliphatic heterocycles. The lowest BCUT2D eigenvalue weighted by molar-refractivity contribution is -0.152. The fraction of sp³-hybridized carbons (Fsp3) is 0.700. The largest absolute Gasteiger partial charge is 0.355 e. The van der Waals surface area contributed by atoms with Crippen LogP contribution >= 0.6 is 23.1 Å². The topological polar surface area (TPSA) is 58.2 Å². The second-order valence-corrected chi connectivity index (χ2v) is 10.7. The molecule has 1 heterocycles. The number of hydrogen-bond acceptors (Lipinski definition) is 4. The lowest BCUT2D eigenvalue weighted by atomic mass is 9.46. The van der Waals surface area contributed by atoms with Gasteiger partial charge < -0.3 is 10.6 Å². The minimum atomic E-state index is -0.245. The van der Waals surface area contributed by atoms with Gasteiger partial charge in [-0.15, -0.1) is 11.3 Å². The van der Waals surface area contributed by atoms with Crippen LogP contribution in [0.1, 0.15) is 50.3 Å². The van der Waals surface area contributed by atoms with Crippen molar-refractivity contribution in [2.75, 3.05) is 12.3 Å². The first-order valence-corrected chi connectivity index (χ1v) is 11.7. The molecule has 1 aromatic rings. The van der Waals surface area contributed by atoms with Crippen LogP contribution in [0.25, 0.3) is 0 Å². The van der Waals surface area contributed by atoms with Crippen LogP contribution in [0.4, 0.5) is 0 Å². The van der Waals surface area contributed by atoms with E-state index < -0.39 is 0 Å². The van der Waals surface area contributed by atoms with Crippen molar-refractivity contribution < 1.29 is 9.59 Å². The van der Waals surface area contributed by atoms with Gasteiger partial charge in [-0.05, 0) is 61.8 Å².